The molecule has 0 aliphatic rings. The first-order valence-corrected chi connectivity index (χ1v) is 6.84. The Morgan fingerprint density at radius 1 is 0.769 bits per heavy atom. The SMILES string of the molecule is O=S(=O)(CC(Cl)(Cl)Cl)CC(Cl)(Cl)Cl. The van der Waals surface area contributed by atoms with Crippen LogP contribution in [0.4, 0.5) is 0 Å². The quantitative estimate of drug-likeness (QED) is 0.730. The van der Waals surface area contributed by atoms with Gasteiger partial charge in [0.1, 0.15) is 0 Å². The zero-order valence-corrected chi connectivity index (χ0v) is 11.3. The Labute approximate surface area is 106 Å². The maximum absolute atomic E-state index is 11.2. The van der Waals surface area contributed by atoms with Crippen LogP contribution in [0.25, 0.3) is 0 Å². The molecule has 0 bridgehead atoms. The second-order valence-electron chi connectivity index (χ2n) is 2.26. The fourth-order valence-electron chi connectivity index (χ4n) is 0.550. The molecule has 0 heterocycles. The van der Waals surface area contributed by atoms with Crippen LogP contribution in [0.5, 0.6) is 0 Å². The summed E-state index contributed by atoms with van der Waals surface area (Å²) in [4.78, 5) is 0. The lowest BCUT2D eigenvalue weighted by Crippen LogP contribution is -2.28. The van der Waals surface area contributed by atoms with E-state index in [1.807, 2.05) is 0 Å². The summed E-state index contributed by atoms with van der Waals surface area (Å²) in [6, 6.07) is 0. The zero-order valence-electron chi connectivity index (χ0n) is 5.91. The Morgan fingerprint density at radius 3 is 1.15 bits per heavy atom. The van der Waals surface area contributed by atoms with Crippen molar-refractivity contribution in [3.8, 4) is 0 Å². The minimum Gasteiger partial charge on any atom is -0.229 e. The fraction of sp³-hybridized carbons (Fsp3) is 1.00. The van der Waals surface area contributed by atoms with Gasteiger partial charge >= 0.3 is 0 Å². The van der Waals surface area contributed by atoms with Gasteiger partial charge in [-0.3, -0.25) is 0 Å². The zero-order chi connectivity index (χ0) is 10.9. The molecule has 0 aliphatic carbocycles. The third-order valence-corrected chi connectivity index (χ3v) is 4.27. The van der Waals surface area contributed by atoms with E-state index in [-0.39, 0.29) is 0 Å². The van der Waals surface area contributed by atoms with Gasteiger partial charge < -0.3 is 0 Å². The van der Waals surface area contributed by atoms with Crippen molar-refractivity contribution in [2.75, 3.05) is 11.5 Å². The van der Waals surface area contributed by atoms with Crippen molar-refractivity contribution in [3.05, 3.63) is 0 Å². The van der Waals surface area contributed by atoms with Gasteiger partial charge in [0.05, 0.1) is 11.5 Å². The third kappa shape index (κ3) is 9.98. The standard InChI is InChI=1S/C4H4Cl6O2S/c5-3(6,7)1-13(11,12)2-4(8,9)10/h1-2H2. The minimum absolute atomic E-state index is 0.682. The van der Waals surface area contributed by atoms with E-state index in [0.29, 0.717) is 0 Å². The van der Waals surface area contributed by atoms with Gasteiger partial charge in [-0.15, -0.1) is 0 Å². The second-order valence-corrected chi connectivity index (χ2v) is 9.36. The van der Waals surface area contributed by atoms with Crippen LogP contribution in [0.2, 0.25) is 0 Å². The van der Waals surface area contributed by atoms with Crippen LogP contribution >= 0.6 is 69.6 Å². The molecule has 0 spiro atoms. The van der Waals surface area contributed by atoms with Crippen LogP contribution in [0.3, 0.4) is 0 Å². The molecule has 0 fully saturated rings. The minimum atomic E-state index is -3.69. The van der Waals surface area contributed by atoms with Gasteiger partial charge in [0.2, 0.25) is 7.59 Å². The lowest BCUT2D eigenvalue weighted by molar-refractivity contribution is 0.596. The van der Waals surface area contributed by atoms with Gasteiger partial charge in [-0.05, 0) is 0 Å². The van der Waals surface area contributed by atoms with Crippen molar-refractivity contribution in [3.63, 3.8) is 0 Å². The molecule has 0 atom stereocenters. The molecule has 0 aromatic rings. The molecule has 0 unspecified atom stereocenters. The maximum atomic E-state index is 11.2. The number of rotatable bonds is 2. The summed E-state index contributed by atoms with van der Waals surface area (Å²) in [5.74, 6) is -1.36. The van der Waals surface area contributed by atoms with E-state index < -0.39 is 28.9 Å². The Hall–Kier alpha value is 1.69. The van der Waals surface area contributed by atoms with Crippen LogP contribution in [0.15, 0.2) is 0 Å². The molecule has 0 aromatic carbocycles. The normalized spacial score (nSPS) is 14.6. The molecule has 0 saturated carbocycles. The monoisotopic (exact) mass is 326 g/mol. The smallest absolute Gasteiger partial charge is 0.204 e. The molecule has 0 aromatic heterocycles. The summed E-state index contributed by atoms with van der Waals surface area (Å²) in [7, 11) is -3.69. The van der Waals surface area contributed by atoms with Crippen molar-refractivity contribution < 1.29 is 8.42 Å². The molecule has 0 radical (unpaired) electrons. The summed E-state index contributed by atoms with van der Waals surface area (Å²) in [6.45, 7) is 0. The number of hydrogen-bond acceptors (Lipinski definition) is 2. The van der Waals surface area contributed by atoms with Crippen LogP contribution in [0.1, 0.15) is 0 Å². The van der Waals surface area contributed by atoms with Crippen LogP contribution in [-0.2, 0) is 9.84 Å². The number of alkyl halides is 6. The van der Waals surface area contributed by atoms with Crippen molar-refractivity contribution in [2.45, 2.75) is 7.59 Å². The highest BCUT2D eigenvalue weighted by Crippen LogP contribution is 2.32. The fourth-order valence-corrected chi connectivity index (χ4v) is 4.64. The summed E-state index contributed by atoms with van der Waals surface area (Å²) in [6.07, 6.45) is 0. The van der Waals surface area contributed by atoms with E-state index in [0.717, 1.165) is 0 Å². The van der Waals surface area contributed by atoms with Crippen LogP contribution in [0, 0.1) is 0 Å². The van der Waals surface area contributed by atoms with Crippen molar-refractivity contribution in [1.29, 1.82) is 0 Å². The first-order valence-electron chi connectivity index (χ1n) is 2.75. The lowest BCUT2D eigenvalue weighted by atomic mass is 10.9. The molecule has 0 rings (SSSR count). The van der Waals surface area contributed by atoms with E-state index >= 15 is 0 Å². The third-order valence-electron chi connectivity index (χ3n) is 0.767. The molecule has 13 heavy (non-hydrogen) atoms. The Bertz CT molecular complexity index is 237. The summed E-state index contributed by atoms with van der Waals surface area (Å²) in [5.41, 5.74) is 0. The topological polar surface area (TPSA) is 34.1 Å². The van der Waals surface area contributed by atoms with Gasteiger partial charge in [-0.2, -0.15) is 0 Å². The number of halogens is 6. The average molecular weight is 329 g/mol. The van der Waals surface area contributed by atoms with Crippen LogP contribution in [-0.4, -0.2) is 27.5 Å². The lowest BCUT2D eigenvalue weighted by Gasteiger charge is -2.14. The molecule has 0 saturated heterocycles. The highest BCUT2D eigenvalue weighted by Gasteiger charge is 2.34. The van der Waals surface area contributed by atoms with Crippen molar-refractivity contribution in [2.24, 2.45) is 0 Å². The maximum Gasteiger partial charge on any atom is 0.204 e. The predicted octanol–water partition coefficient (Wildman–Crippen LogP) is 3.14. The first-order chi connectivity index (χ1) is 5.41. The van der Waals surface area contributed by atoms with E-state index in [4.69, 9.17) is 69.6 Å². The average Bonchev–Trinajstić information content (AvgIpc) is 1.43. The molecular formula is C4H4Cl6O2S. The Morgan fingerprint density at radius 2 is 1.00 bits per heavy atom. The van der Waals surface area contributed by atoms with Crippen molar-refractivity contribution >= 4 is 79.4 Å². The molecular weight excluding hydrogens is 325 g/mol. The largest absolute Gasteiger partial charge is 0.229 e. The molecule has 0 N–H and O–H groups in total. The molecule has 9 heteroatoms. The van der Waals surface area contributed by atoms with Gasteiger partial charge in [-0.1, -0.05) is 69.6 Å². The molecule has 2 nitrogen and oxygen atoms in total. The highest BCUT2D eigenvalue weighted by atomic mass is 35.6. The summed E-state index contributed by atoms with van der Waals surface area (Å²) in [5, 5.41) is 0. The summed E-state index contributed by atoms with van der Waals surface area (Å²) >= 11 is 31.6. The Balaban J connectivity index is 4.46. The van der Waals surface area contributed by atoms with Gasteiger partial charge in [0, 0.05) is 0 Å². The number of sulfone groups is 1. The first kappa shape index (κ1) is 14.7. The van der Waals surface area contributed by atoms with Crippen LogP contribution < -0.4 is 0 Å². The molecule has 0 amide bonds. The van der Waals surface area contributed by atoms with Crippen molar-refractivity contribution in [1.82, 2.24) is 0 Å². The molecule has 80 valence electrons. The predicted molar refractivity (Wildman–Crippen MR) is 59.2 cm³/mol. The van der Waals surface area contributed by atoms with E-state index in [2.05, 4.69) is 0 Å². The summed E-state index contributed by atoms with van der Waals surface area (Å²) < 4.78 is 18.5. The second kappa shape index (κ2) is 4.69. The van der Waals surface area contributed by atoms with Gasteiger partial charge in [-0.25, -0.2) is 8.42 Å². The van der Waals surface area contributed by atoms with Gasteiger partial charge in [0.25, 0.3) is 0 Å². The Kier molecular flexibility index (Phi) is 5.30. The van der Waals surface area contributed by atoms with Gasteiger partial charge in [0.15, 0.2) is 9.84 Å². The number of hydrogen-bond donors (Lipinski definition) is 0. The molecule has 0 aliphatic heterocycles. The van der Waals surface area contributed by atoms with E-state index in [9.17, 15) is 8.42 Å². The van der Waals surface area contributed by atoms with E-state index in [1.165, 1.54) is 0 Å². The van der Waals surface area contributed by atoms with E-state index in [1.54, 1.807) is 0 Å². The highest BCUT2D eigenvalue weighted by molar-refractivity contribution is 7.91.